The van der Waals surface area contributed by atoms with Crippen LogP contribution >= 0.6 is 0 Å². The van der Waals surface area contributed by atoms with Gasteiger partial charge in [-0.3, -0.25) is 0 Å². The molecular formula is C22H25N. The molecule has 1 aromatic heterocycles. The van der Waals surface area contributed by atoms with Gasteiger partial charge in [-0.2, -0.15) is 0 Å². The van der Waals surface area contributed by atoms with Crippen molar-refractivity contribution in [1.29, 1.82) is 0 Å². The van der Waals surface area contributed by atoms with Crippen molar-refractivity contribution in [2.24, 2.45) is 5.92 Å². The van der Waals surface area contributed by atoms with E-state index < -0.39 is 0 Å². The van der Waals surface area contributed by atoms with Gasteiger partial charge in [-0.1, -0.05) is 50.6 Å². The molecule has 1 heterocycles. The lowest BCUT2D eigenvalue weighted by Gasteiger charge is -2.09. The van der Waals surface area contributed by atoms with Crippen molar-refractivity contribution in [3.05, 3.63) is 47.5 Å². The molecule has 2 aromatic carbocycles. The van der Waals surface area contributed by atoms with E-state index >= 15 is 0 Å². The maximum atomic E-state index is 5.67. The number of fused-ring (bicyclic) bond motifs is 3. The zero-order valence-electron chi connectivity index (χ0n) is 14.2. The first-order valence-corrected chi connectivity index (χ1v) is 8.75. The Hall–Kier alpha value is -2.20. The molecule has 1 unspecified atom stereocenters. The van der Waals surface area contributed by atoms with Gasteiger partial charge in [0, 0.05) is 27.7 Å². The molecule has 118 valence electrons. The van der Waals surface area contributed by atoms with Crippen molar-refractivity contribution in [1.82, 2.24) is 4.98 Å². The van der Waals surface area contributed by atoms with Gasteiger partial charge in [-0.25, -0.2) is 0 Å². The van der Waals surface area contributed by atoms with E-state index in [1.54, 1.807) is 0 Å². The van der Waals surface area contributed by atoms with E-state index in [-0.39, 0.29) is 0 Å². The Morgan fingerprint density at radius 3 is 2.70 bits per heavy atom. The molecule has 0 bridgehead atoms. The molecule has 1 nitrogen and oxygen atoms in total. The lowest BCUT2D eigenvalue weighted by molar-refractivity contribution is 0.555. The summed E-state index contributed by atoms with van der Waals surface area (Å²) in [4.78, 5) is 3.64. The van der Waals surface area contributed by atoms with Gasteiger partial charge in [-0.05, 0) is 42.9 Å². The average molecular weight is 303 g/mol. The highest BCUT2D eigenvalue weighted by atomic mass is 14.7. The van der Waals surface area contributed by atoms with Crippen LogP contribution in [0.1, 0.15) is 44.2 Å². The number of terminal acetylenes is 1. The molecule has 23 heavy (non-hydrogen) atoms. The Bertz CT molecular complexity index is 847. The van der Waals surface area contributed by atoms with Crippen LogP contribution in [0.2, 0.25) is 0 Å². The molecule has 0 spiro atoms. The largest absolute Gasteiger partial charge is 0.354 e. The van der Waals surface area contributed by atoms with Crippen molar-refractivity contribution in [3.63, 3.8) is 0 Å². The first kappa shape index (κ1) is 15.7. The Kier molecular flexibility index (Phi) is 4.72. The highest BCUT2D eigenvalue weighted by Crippen LogP contribution is 2.29. The van der Waals surface area contributed by atoms with E-state index in [9.17, 15) is 0 Å². The van der Waals surface area contributed by atoms with Crippen molar-refractivity contribution >= 4 is 21.8 Å². The van der Waals surface area contributed by atoms with Crippen LogP contribution in [0.15, 0.2) is 36.4 Å². The number of aryl methyl sites for hydroxylation is 2. The lowest BCUT2D eigenvalue weighted by atomic mass is 9.95. The third-order valence-electron chi connectivity index (χ3n) is 4.83. The maximum absolute atomic E-state index is 5.67. The summed E-state index contributed by atoms with van der Waals surface area (Å²) in [5, 5.41) is 2.65. The van der Waals surface area contributed by atoms with Crippen LogP contribution in [0, 0.1) is 18.3 Å². The lowest BCUT2D eigenvalue weighted by Crippen LogP contribution is -1.99. The summed E-state index contributed by atoms with van der Waals surface area (Å²) in [7, 11) is 0. The van der Waals surface area contributed by atoms with E-state index in [4.69, 9.17) is 6.42 Å². The second kappa shape index (κ2) is 6.92. The molecule has 1 atom stereocenters. The number of para-hydroxylation sites is 1. The number of rotatable bonds is 6. The maximum Gasteiger partial charge on any atom is 0.0497 e. The van der Waals surface area contributed by atoms with E-state index in [0.29, 0.717) is 5.92 Å². The third-order valence-corrected chi connectivity index (χ3v) is 4.83. The number of nitrogens with one attached hydrogen (secondary N) is 1. The number of aromatic nitrogens is 1. The summed E-state index contributed by atoms with van der Waals surface area (Å²) in [5.41, 5.74) is 5.28. The van der Waals surface area contributed by atoms with E-state index in [0.717, 1.165) is 32.1 Å². The second-order valence-electron chi connectivity index (χ2n) is 6.39. The van der Waals surface area contributed by atoms with E-state index in [2.05, 4.69) is 61.2 Å². The zero-order chi connectivity index (χ0) is 16.2. The third kappa shape index (κ3) is 3.13. The summed E-state index contributed by atoms with van der Waals surface area (Å²) >= 11 is 0. The van der Waals surface area contributed by atoms with Crippen LogP contribution in [-0.2, 0) is 12.8 Å². The predicted octanol–water partition coefficient (Wildman–Crippen LogP) is 5.87. The molecule has 0 aliphatic rings. The number of hydrogen-bond acceptors (Lipinski definition) is 0. The Balaban J connectivity index is 1.96. The predicted molar refractivity (Wildman–Crippen MR) is 101 cm³/mol. The van der Waals surface area contributed by atoms with Crippen LogP contribution in [0.25, 0.3) is 21.8 Å². The Morgan fingerprint density at radius 2 is 1.96 bits per heavy atom. The van der Waals surface area contributed by atoms with Crippen molar-refractivity contribution in [2.45, 2.75) is 46.0 Å². The summed E-state index contributed by atoms with van der Waals surface area (Å²) in [6, 6.07) is 13.4. The summed E-state index contributed by atoms with van der Waals surface area (Å²) in [5.74, 6) is 3.35. The molecule has 0 aliphatic heterocycles. The minimum Gasteiger partial charge on any atom is -0.354 e. The monoisotopic (exact) mass is 303 g/mol. The van der Waals surface area contributed by atoms with Gasteiger partial charge in [0.25, 0.3) is 0 Å². The normalized spacial score (nSPS) is 12.6. The first-order chi connectivity index (χ1) is 11.3. The van der Waals surface area contributed by atoms with Gasteiger partial charge in [0.05, 0.1) is 0 Å². The number of benzene rings is 2. The SMILES string of the molecule is C#CC(CCC)CCc1cccc2c1[nH]c1cc(CC)ccc12. The molecule has 0 radical (unpaired) electrons. The minimum absolute atomic E-state index is 0.395. The van der Waals surface area contributed by atoms with Crippen molar-refractivity contribution in [3.8, 4) is 12.3 Å². The quantitative estimate of drug-likeness (QED) is 0.548. The van der Waals surface area contributed by atoms with Gasteiger partial charge >= 0.3 is 0 Å². The van der Waals surface area contributed by atoms with Crippen LogP contribution in [0.5, 0.6) is 0 Å². The molecule has 0 saturated heterocycles. The number of H-pyrrole nitrogens is 1. The van der Waals surface area contributed by atoms with Crippen LogP contribution < -0.4 is 0 Å². The highest BCUT2D eigenvalue weighted by Gasteiger charge is 2.10. The summed E-state index contributed by atoms with van der Waals surface area (Å²) < 4.78 is 0. The fourth-order valence-electron chi connectivity index (χ4n) is 3.45. The van der Waals surface area contributed by atoms with Gasteiger partial charge in [-0.15, -0.1) is 12.3 Å². The number of aromatic amines is 1. The van der Waals surface area contributed by atoms with Gasteiger partial charge in [0.1, 0.15) is 0 Å². The van der Waals surface area contributed by atoms with Gasteiger partial charge in [0.2, 0.25) is 0 Å². The van der Waals surface area contributed by atoms with Crippen LogP contribution in [0.4, 0.5) is 0 Å². The summed E-state index contributed by atoms with van der Waals surface area (Å²) in [6.45, 7) is 4.40. The Morgan fingerprint density at radius 1 is 1.09 bits per heavy atom. The van der Waals surface area contributed by atoms with Crippen molar-refractivity contribution in [2.75, 3.05) is 0 Å². The first-order valence-electron chi connectivity index (χ1n) is 8.75. The standard InChI is InChI=1S/C22H25N/c1-4-8-16(5-2)11-13-18-9-7-10-20-19-14-12-17(6-3)15-21(19)23-22(18)20/h2,7,9-10,12,14-16,23H,4,6,8,11,13H2,1,3H3. The summed E-state index contributed by atoms with van der Waals surface area (Å²) in [6.07, 6.45) is 11.1. The highest BCUT2D eigenvalue weighted by molar-refractivity contribution is 6.08. The van der Waals surface area contributed by atoms with E-state index in [1.807, 2.05) is 0 Å². The number of hydrogen-bond donors (Lipinski definition) is 1. The molecule has 3 aromatic rings. The molecular weight excluding hydrogens is 278 g/mol. The molecule has 0 fully saturated rings. The Labute approximate surface area is 139 Å². The smallest absolute Gasteiger partial charge is 0.0497 e. The minimum atomic E-state index is 0.395. The molecule has 0 saturated carbocycles. The van der Waals surface area contributed by atoms with Gasteiger partial charge < -0.3 is 4.98 Å². The fourth-order valence-corrected chi connectivity index (χ4v) is 3.45. The zero-order valence-corrected chi connectivity index (χ0v) is 14.2. The van der Waals surface area contributed by atoms with Crippen molar-refractivity contribution < 1.29 is 0 Å². The molecule has 1 heteroatoms. The van der Waals surface area contributed by atoms with Crippen LogP contribution in [-0.4, -0.2) is 4.98 Å². The topological polar surface area (TPSA) is 15.8 Å². The average Bonchev–Trinajstić information content (AvgIpc) is 2.96. The molecule has 3 rings (SSSR count). The van der Waals surface area contributed by atoms with Gasteiger partial charge in [0.15, 0.2) is 0 Å². The van der Waals surface area contributed by atoms with Crippen LogP contribution in [0.3, 0.4) is 0 Å². The molecule has 0 aliphatic carbocycles. The van der Waals surface area contributed by atoms with E-state index in [1.165, 1.54) is 32.9 Å². The second-order valence-corrected chi connectivity index (χ2v) is 6.39. The fraction of sp³-hybridized carbons (Fsp3) is 0.364. The molecule has 0 amide bonds. The molecule has 1 N–H and O–H groups in total.